The van der Waals surface area contributed by atoms with Crippen molar-refractivity contribution in [2.24, 2.45) is 17.6 Å². The number of para-hydroxylation sites is 1. The Morgan fingerprint density at radius 1 is 0.974 bits per heavy atom. The van der Waals surface area contributed by atoms with Gasteiger partial charge in [0.2, 0.25) is 17.7 Å². The molecule has 1 aromatic carbocycles. The minimum atomic E-state index is -1.13. The fourth-order valence-corrected chi connectivity index (χ4v) is 4.63. The molecule has 0 spiro atoms. The van der Waals surface area contributed by atoms with Crippen LogP contribution >= 0.6 is 11.8 Å². The van der Waals surface area contributed by atoms with Crippen molar-refractivity contribution in [2.45, 2.75) is 71.1 Å². The van der Waals surface area contributed by atoms with E-state index in [1.165, 1.54) is 11.8 Å². The SMILES string of the molecule is CSCCC(NC(=O)C(CC(C)C)NC(=O)C(NC(=O)C(N)Cc1c[nH]c2ccccc12)C(C)C)C(=O)O. The summed E-state index contributed by atoms with van der Waals surface area (Å²) in [5.41, 5.74) is 8.05. The van der Waals surface area contributed by atoms with E-state index in [1.807, 2.05) is 50.6 Å². The number of nitrogens with two attached hydrogens (primary N) is 1. The zero-order chi connectivity index (χ0) is 28.4. The number of aromatic amines is 1. The molecule has 0 fully saturated rings. The molecule has 10 nitrogen and oxygen atoms in total. The quantitative estimate of drug-likeness (QED) is 0.198. The van der Waals surface area contributed by atoms with E-state index < -0.39 is 47.9 Å². The number of nitrogens with one attached hydrogen (secondary N) is 4. The molecule has 0 aliphatic carbocycles. The van der Waals surface area contributed by atoms with Gasteiger partial charge in [-0.25, -0.2) is 4.79 Å². The van der Waals surface area contributed by atoms with Crippen molar-refractivity contribution in [1.29, 1.82) is 0 Å². The Labute approximate surface area is 228 Å². The number of carboxylic acids is 1. The Hall–Kier alpha value is -3.05. The summed E-state index contributed by atoms with van der Waals surface area (Å²) in [5, 5.41) is 18.5. The molecule has 0 bridgehead atoms. The van der Waals surface area contributed by atoms with Gasteiger partial charge < -0.3 is 31.8 Å². The molecule has 0 saturated carbocycles. The summed E-state index contributed by atoms with van der Waals surface area (Å²) in [4.78, 5) is 54.0. The van der Waals surface area contributed by atoms with Crippen LogP contribution in [0.25, 0.3) is 10.9 Å². The van der Waals surface area contributed by atoms with Crippen molar-refractivity contribution in [2.75, 3.05) is 12.0 Å². The number of carbonyl (C=O) groups is 4. The number of aromatic nitrogens is 1. The highest BCUT2D eigenvalue weighted by Gasteiger charge is 2.32. The average molecular weight is 548 g/mol. The van der Waals surface area contributed by atoms with Crippen LogP contribution in [0.3, 0.4) is 0 Å². The topological polar surface area (TPSA) is 166 Å². The van der Waals surface area contributed by atoms with Gasteiger partial charge in [0.1, 0.15) is 18.1 Å². The number of amides is 3. The summed E-state index contributed by atoms with van der Waals surface area (Å²) in [7, 11) is 0. The van der Waals surface area contributed by atoms with Gasteiger partial charge in [-0.3, -0.25) is 14.4 Å². The molecule has 0 radical (unpaired) electrons. The summed E-state index contributed by atoms with van der Waals surface area (Å²) in [5.74, 6) is -2.35. The maximum atomic E-state index is 13.3. The van der Waals surface area contributed by atoms with Crippen LogP contribution in [0.4, 0.5) is 0 Å². The first kappa shape index (κ1) is 31.2. The number of aliphatic carboxylic acids is 1. The van der Waals surface area contributed by atoms with Gasteiger partial charge >= 0.3 is 5.97 Å². The van der Waals surface area contributed by atoms with Gasteiger partial charge in [0, 0.05) is 17.1 Å². The van der Waals surface area contributed by atoms with E-state index in [2.05, 4.69) is 20.9 Å². The Morgan fingerprint density at radius 3 is 2.24 bits per heavy atom. The van der Waals surface area contributed by atoms with Crippen LogP contribution in [-0.2, 0) is 25.6 Å². The van der Waals surface area contributed by atoms with E-state index in [4.69, 9.17) is 5.73 Å². The molecule has 0 saturated heterocycles. The van der Waals surface area contributed by atoms with Gasteiger partial charge in [-0.15, -0.1) is 0 Å². The third-order valence-corrected chi connectivity index (χ3v) is 6.91. The summed E-state index contributed by atoms with van der Waals surface area (Å²) in [6.07, 6.45) is 4.54. The Kier molecular flexibility index (Phi) is 12.1. The molecule has 0 aliphatic rings. The van der Waals surface area contributed by atoms with Gasteiger partial charge in [0.15, 0.2) is 0 Å². The van der Waals surface area contributed by atoms with E-state index in [1.54, 1.807) is 13.8 Å². The summed E-state index contributed by atoms with van der Waals surface area (Å²) in [6.45, 7) is 7.38. The molecule has 1 aromatic heterocycles. The Balaban J connectivity index is 2.09. The van der Waals surface area contributed by atoms with Gasteiger partial charge in [0.25, 0.3) is 0 Å². The fraction of sp³-hybridized carbons (Fsp3) is 0.556. The standard InChI is InChI=1S/C27H41N5O5S/c1-15(2)12-22(25(34)30-21(27(36)37)10-11-38-5)31-26(35)23(16(3)4)32-24(33)19(28)13-17-14-29-20-9-7-6-8-18(17)20/h6-9,14-16,19,21-23,29H,10-13,28H2,1-5H3,(H,30,34)(H,31,35)(H,32,33)(H,36,37). The predicted molar refractivity (Wildman–Crippen MR) is 151 cm³/mol. The second-order valence-electron chi connectivity index (χ2n) is 10.3. The molecule has 7 N–H and O–H groups in total. The monoisotopic (exact) mass is 547 g/mol. The number of rotatable bonds is 15. The van der Waals surface area contributed by atoms with E-state index in [0.29, 0.717) is 12.2 Å². The number of fused-ring (bicyclic) bond motifs is 1. The van der Waals surface area contributed by atoms with E-state index in [9.17, 15) is 24.3 Å². The van der Waals surface area contributed by atoms with Crippen molar-refractivity contribution in [1.82, 2.24) is 20.9 Å². The van der Waals surface area contributed by atoms with Crippen LogP contribution in [0, 0.1) is 11.8 Å². The summed E-state index contributed by atoms with van der Waals surface area (Å²) < 4.78 is 0. The smallest absolute Gasteiger partial charge is 0.326 e. The van der Waals surface area contributed by atoms with E-state index in [0.717, 1.165) is 16.5 Å². The number of thioether (sulfide) groups is 1. The maximum Gasteiger partial charge on any atom is 0.326 e. The first-order valence-electron chi connectivity index (χ1n) is 12.9. The molecule has 0 aliphatic heterocycles. The molecule has 11 heteroatoms. The third kappa shape index (κ3) is 9.05. The lowest BCUT2D eigenvalue weighted by molar-refractivity contribution is -0.142. The zero-order valence-corrected chi connectivity index (χ0v) is 23.6. The number of hydrogen-bond acceptors (Lipinski definition) is 6. The molecular formula is C27H41N5O5S. The van der Waals surface area contributed by atoms with Crippen molar-refractivity contribution in [3.05, 3.63) is 36.0 Å². The highest BCUT2D eigenvalue weighted by Crippen LogP contribution is 2.19. The van der Waals surface area contributed by atoms with Gasteiger partial charge in [-0.1, -0.05) is 45.9 Å². The lowest BCUT2D eigenvalue weighted by atomic mass is 9.98. The Bertz CT molecular complexity index is 1100. The van der Waals surface area contributed by atoms with Crippen LogP contribution in [0.15, 0.2) is 30.5 Å². The predicted octanol–water partition coefficient (Wildman–Crippen LogP) is 2.03. The van der Waals surface area contributed by atoms with Crippen molar-refractivity contribution in [3.63, 3.8) is 0 Å². The zero-order valence-electron chi connectivity index (χ0n) is 22.7. The summed E-state index contributed by atoms with van der Waals surface area (Å²) in [6, 6.07) is 3.91. The molecule has 4 unspecified atom stereocenters. The van der Waals surface area contributed by atoms with Crippen molar-refractivity contribution < 1.29 is 24.3 Å². The second kappa shape index (κ2) is 14.8. The van der Waals surface area contributed by atoms with E-state index >= 15 is 0 Å². The largest absolute Gasteiger partial charge is 0.480 e. The highest BCUT2D eigenvalue weighted by atomic mass is 32.2. The molecule has 1 heterocycles. The van der Waals surface area contributed by atoms with Crippen LogP contribution in [0.2, 0.25) is 0 Å². The molecular weight excluding hydrogens is 506 g/mol. The van der Waals surface area contributed by atoms with Crippen LogP contribution in [0.1, 0.15) is 46.1 Å². The summed E-state index contributed by atoms with van der Waals surface area (Å²) >= 11 is 1.48. The molecule has 38 heavy (non-hydrogen) atoms. The lowest BCUT2D eigenvalue weighted by Crippen LogP contribution is -2.58. The minimum absolute atomic E-state index is 0.0530. The highest BCUT2D eigenvalue weighted by molar-refractivity contribution is 7.98. The number of hydrogen-bond donors (Lipinski definition) is 6. The van der Waals surface area contributed by atoms with Crippen molar-refractivity contribution in [3.8, 4) is 0 Å². The molecule has 210 valence electrons. The van der Waals surface area contributed by atoms with Gasteiger partial charge in [-0.2, -0.15) is 11.8 Å². The molecule has 4 atom stereocenters. The van der Waals surface area contributed by atoms with Gasteiger partial charge in [0.05, 0.1) is 6.04 Å². The van der Waals surface area contributed by atoms with Gasteiger partial charge in [-0.05, 0) is 54.7 Å². The maximum absolute atomic E-state index is 13.3. The van der Waals surface area contributed by atoms with Crippen LogP contribution < -0.4 is 21.7 Å². The van der Waals surface area contributed by atoms with Crippen LogP contribution in [0.5, 0.6) is 0 Å². The number of H-pyrrole nitrogens is 1. The average Bonchev–Trinajstić information content (AvgIpc) is 3.26. The van der Waals surface area contributed by atoms with Crippen LogP contribution in [-0.4, -0.2) is 70.0 Å². The lowest BCUT2D eigenvalue weighted by Gasteiger charge is -2.27. The number of carbonyl (C=O) groups excluding carboxylic acids is 3. The molecule has 3 amide bonds. The number of carboxylic acid groups (broad SMARTS) is 1. The first-order valence-corrected chi connectivity index (χ1v) is 14.3. The molecule has 2 rings (SSSR count). The minimum Gasteiger partial charge on any atom is -0.480 e. The van der Waals surface area contributed by atoms with Crippen molar-refractivity contribution >= 4 is 46.4 Å². The first-order chi connectivity index (χ1) is 17.9. The normalized spacial score (nSPS) is 14.6. The fourth-order valence-electron chi connectivity index (χ4n) is 4.16. The third-order valence-electron chi connectivity index (χ3n) is 6.26. The number of benzene rings is 1. The second-order valence-corrected chi connectivity index (χ2v) is 11.3. The van der Waals surface area contributed by atoms with E-state index in [-0.39, 0.29) is 24.7 Å². The Morgan fingerprint density at radius 2 is 1.63 bits per heavy atom. The molecule has 2 aromatic rings.